The van der Waals surface area contributed by atoms with Crippen LogP contribution in [0.1, 0.15) is 5.56 Å². The van der Waals surface area contributed by atoms with E-state index in [2.05, 4.69) is 0 Å². The van der Waals surface area contributed by atoms with Gasteiger partial charge in [-0.25, -0.2) is 4.79 Å². The average Bonchev–Trinajstić information content (AvgIpc) is 2.51. The van der Waals surface area contributed by atoms with Gasteiger partial charge in [0.2, 0.25) is 0 Å². The molecule has 0 spiro atoms. The maximum absolute atomic E-state index is 10.5. The minimum Gasteiger partial charge on any atom is -0.493 e. The summed E-state index contributed by atoms with van der Waals surface area (Å²) in [6.45, 7) is 0.633. The first-order chi connectivity index (χ1) is 6.27. The zero-order valence-electron chi connectivity index (χ0n) is 6.95. The first kappa shape index (κ1) is 7.91. The molecule has 4 heteroatoms. The quantitative estimate of drug-likeness (QED) is 0.701. The summed E-state index contributed by atoms with van der Waals surface area (Å²) in [5.41, 5.74) is 5.83. The van der Waals surface area contributed by atoms with Crippen LogP contribution in [0.3, 0.4) is 0 Å². The second-order valence-corrected chi connectivity index (χ2v) is 2.75. The van der Waals surface area contributed by atoms with Gasteiger partial charge >= 0.3 is 6.09 Å². The molecule has 0 aromatic heterocycles. The first-order valence-corrected chi connectivity index (χ1v) is 3.99. The van der Waals surface area contributed by atoms with Crippen LogP contribution in [0.2, 0.25) is 0 Å². The van der Waals surface area contributed by atoms with Gasteiger partial charge in [-0.2, -0.15) is 0 Å². The molecule has 2 rings (SSSR count). The van der Waals surface area contributed by atoms with E-state index < -0.39 is 6.09 Å². The van der Waals surface area contributed by atoms with Gasteiger partial charge < -0.3 is 15.2 Å². The SMILES string of the molecule is NC(=O)Oc1cccc2c1CCO2. The molecule has 0 unspecified atom stereocenters. The molecule has 0 aliphatic carbocycles. The Morgan fingerprint density at radius 2 is 2.38 bits per heavy atom. The van der Waals surface area contributed by atoms with Crippen molar-refractivity contribution in [3.05, 3.63) is 23.8 Å². The summed E-state index contributed by atoms with van der Waals surface area (Å²) in [6.07, 6.45) is -0.0287. The highest BCUT2D eigenvalue weighted by Gasteiger charge is 2.17. The largest absolute Gasteiger partial charge is 0.493 e. The van der Waals surface area contributed by atoms with E-state index in [1.807, 2.05) is 6.07 Å². The lowest BCUT2D eigenvalue weighted by Gasteiger charge is -2.04. The molecule has 1 aromatic carbocycles. The van der Waals surface area contributed by atoms with E-state index in [1.54, 1.807) is 12.1 Å². The summed E-state index contributed by atoms with van der Waals surface area (Å²) in [5.74, 6) is 1.28. The first-order valence-electron chi connectivity index (χ1n) is 3.99. The Morgan fingerprint density at radius 3 is 3.15 bits per heavy atom. The van der Waals surface area contributed by atoms with Crippen LogP contribution < -0.4 is 15.2 Å². The van der Waals surface area contributed by atoms with E-state index in [0.717, 1.165) is 17.7 Å². The number of carbonyl (C=O) groups excluding carboxylic acids is 1. The topological polar surface area (TPSA) is 61.6 Å². The Bertz CT molecular complexity index is 349. The Morgan fingerprint density at radius 1 is 1.54 bits per heavy atom. The van der Waals surface area contributed by atoms with Crippen LogP contribution in [-0.4, -0.2) is 12.7 Å². The van der Waals surface area contributed by atoms with Crippen molar-refractivity contribution in [3.63, 3.8) is 0 Å². The van der Waals surface area contributed by atoms with Crippen molar-refractivity contribution in [3.8, 4) is 11.5 Å². The zero-order valence-corrected chi connectivity index (χ0v) is 6.95. The molecule has 0 saturated heterocycles. The van der Waals surface area contributed by atoms with Crippen molar-refractivity contribution in [1.29, 1.82) is 0 Å². The number of hydrogen-bond donors (Lipinski definition) is 1. The summed E-state index contributed by atoms with van der Waals surface area (Å²) in [6, 6.07) is 5.32. The fourth-order valence-electron chi connectivity index (χ4n) is 1.39. The van der Waals surface area contributed by atoms with Crippen molar-refractivity contribution in [1.82, 2.24) is 0 Å². The van der Waals surface area contributed by atoms with Gasteiger partial charge in [0.1, 0.15) is 11.5 Å². The molecule has 1 amide bonds. The van der Waals surface area contributed by atoms with Gasteiger partial charge in [0.15, 0.2) is 0 Å². The zero-order chi connectivity index (χ0) is 9.26. The molecule has 0 bridgehead atoms. The number of primary amides is 1. The van der Waals surface area contributed by atoms with Crippen molar-refractivity contribution in [2.45, 2.75) is 6.42 Å². The lowest BCUT2D eigenvalue weighted by atomic mass is 10.1. The average molecular weight is 179 g/mol. The fraction of sp³-hybridized carbons (Fsp3) is 0.222. The number of rotatable bonds is 1. The highest BCUT2D eigenvalue weighted by Crippen LogP contribution is 2.32. The molecule has 4 nitrogen and oxygen atoms in total. The molecule has 1 aliphatic heterocycles. The highest BCUT2D eigenvalue weighted by molar-refractivity contribution is 5.69. The summed E-state index contributed by atoms with van der Waals surface area (Å²) in [4.78, 5) is 10.5. The van der Waals surface area contributed by atoms with Gasteiger partial charge in [0, 0.05) is 12.0 Å². The number of amides is 1. The van der Waals surface area contributed by atoms with Crippen molar-refractivity contribution < 1.29 is 14.3 Å². The minimum atomic E-state index is -0.791. The van der Waals surface area contributed by atoms with Crippen molar-refractivity contribution in [2.75, 3.05) is 6.61 Å². The van der Waals surface area contributed by atoms with Gasteiger partial charge in [0.25, 0.3) is 0 Å². The van der Waals surface area contributed by atoms with Gasteiger partial charge in [-0.1, -0.05) is 6.07 Å². The molecular weight excluding hydrogens is 170 g/mol. The van der Waals surface area contributed by atoms with E-state index in [1.165, 1.54) is 0 Å². The van der Waals surface area contributed by atoms with E-state index in [0.29, 0.717) is 12.4 Å². The van der Waals surface area contributed by atoms with Crippen molar-refractivity contribution >= 4 is 6.09 Å². The molecule has 0 radical (unpaired) electrons. The van der Waals surface area contributed by atoms with Crippen LogP contribution in [0.25, 0.3) is 0 Å². The van der Waals surface area contributed by atoms with Crippen LogP contribution >= 0.6 is 0 Å². The van der Waals surface area contributed by atoms with Crippen LogP contribution in [0.4, 0.5) is 4.79 Å². The fourth-order valence-corrected chi connectivity index (χ4v) is 1.39. The van der Waals surface area contributed by atoms with E-state index in [9.17, 15) is 4.79 Å². The summed E-state index contributed by atoms with van der Waals surface area (Å²) < 4.78 is 10.1. The summed E-state index contributed by atoms with van der Waals surface area (Å²) >= 11 is 0. The smallest absolute Gasteiger partial charge is 0.409 e. The second-order valence-electron chi connectivity index (χ2n) is 2.75. The number of benzene rings is 1. The second kappa shape index (κ2) is 2.97. The predicted octanol–water partition coefficient (Wildman–Crippen LogP) is 1.08. The minimum absolute atomic E-state index is 0.502. The van der Waals surface area contributed by atoms with Gasteiger partial charge in [-0.15, -0.1) is 0 Å². The van der Waals surface area contributed by atoms with Crippen LogP contribution in [0.5, 0.6) is 11.5 Å². The molecule has 1 aromatic rings. The normalized spacial score (nSPS) is 13.2. The number of nitrogens with two attached hydrogens (primary N) is 1. The lowest BCUT2D eigenvalue weighted by Crippen LogP contribution is -2.16. The van der Waals surface area contributed by atoms with E-state index in [-0.39, 0.29) is 0 Å². The Labute approximate surface area is 75.2 Å². The molecule has 68 valence electrons. The molecule has 0 atom stereocenters. The molecule has 0 fully saturated rings. The maximum Gasteiger partial charge on any atom is 0.409 e. The molecular formula is C9H9NO3. The van der Waals surface area contributed by atoms with Crippen LogP contribution in [0.15, 0.2) is 18.2 Å². The summed E-state index contributed by atoms with van der Waals surface area (Å²) in [5, 5.41) is 0. The number of fused-ring (bicyclic) bond motifs is 1. The third-order valence-electron chi connectivity index (χ3n) is 1.91. The Kier molecular flexibility index (Phi) is 1.81. The third-order valence-corrected chi connectivity index (χ3v) is 1.91. The van der Waals surface area contributed by atoms with E-state index in [4.69, 9.17) is 15.2 Å². The number of ether oxygens (including phenoxy) is 2. The number of hydrogen-bond acceptors (Lipinski definition) is 3. The van der Waals surface area contributed by atoms with Gasteiger partial charge in [0.05, 0.1) is 6.61 Å². The Balaban J connectivity index is 2.36. The van der Waals surface area contributed by atoms with Crippen LogP contribution in [0, 0.1) is 0 Å². The van der Waals surface area contributed by atoms with E-state index >= 15 is 0 Å². The Hall–Kier alpha value is -1.71. The van der Waals surface area contributed by atoms with Gasteiger partial charge in [-0.05, 0) is 12.1 Å². The highest BCUT2D eigenvalue weighted by atomic mass is 16.5. The monoisotopic (exact) mass is 179 g/mol. The van der Waals surface area contributed by atoms with Gasteiger partial charge in [-0.3, -0.25) is 0 Å². The molecule has 13 heavy (non-hydrogen) atoms. The molecule has 0 saturated carbocycles. The van der Waals surface area contributed by atoms with Crippen LogP contribution in [-0.2, 0) is 6.42 Å². The van der Waals surface area contributed by atoms with Crippen molar-refractivity contribution in [2.24, 2.45) is 5.73 Å². The summed E-state index contributed by atoms with van der Waals surface area (Å²) in [7, 11) is 0. The molecule has 2 N–H and O–H groups in total. The standard InChI is InChI=1S/C9H9NO3/c10-9(11)13-8-3-1-2-7-6(8)4-5-12-7/h1-3H,4-5H2,(H2,10,11). The third kappa shape index (κ3) is 1.42. The molecule has 1 heterocycles. The molecule has 1 aliphatic rings. The lowest BCUT2D eigenvalue weighted by molar-refractivity contribution is 0.210. The number of carbonyl (C=O) groups is 1. The maximum atomic E-state index is 10.5. The predicted molar refractivity (Wildman–Crippen MR) is 45.9 cm³/mol.